The van der Waals surface area contributed by atoms with Gasteiger partial charge in [-0.15, -0.1) is 0 Å². The second kappa shape index (κ2) is 7.81. The number of fused-ring (bicyclic) bond motifs is 1. The van der Waals surface area contributed by atoms with Crippen LogP contribution in [0.1, 0.15) is 72.6 Å². The lowest BCUT2D eigenvalue weighted by Crippen LogP contribution is -2.46. The van der Waals surface area contributed by atoms with Gasteiger partial charge in [0, 0.05) is 0 Å². The van der Waals surface area contributed by atoms with Crippen LogP contribution >= 0.6 is 0 Å². The third-order valence-corrected chi connectivity index (χ3v) is 6.35. The van der Waals surface area contributed by atoms with Crippen molar-refractivity contribution in [2.24, 2.45) is 35.0 Å². The Labute approximate surface area is 141 Å². The van der Waals surface area contributed by atoms with E-state index in [1.165, 1.54) is 19.3 Å². The van der Waals surface area contributed by atoms with Gasteiger partial charge in [0.2, 0.25) is 0 Å². The van der Waals surface area contributed by atoms with E-state index in [4.69, 9.17) is 4.74 Å². The number of esters is 1. The van der Waals surface area contributed by atoms with Crippen LogP contribution in [0.2, 0.25) is 0 Å². The Morgan fingerprint density at radius 2 is 1.96 bits per heavy atom. The lowest BCUT2D eigenvalue weighted by atomic mass is 9.57. The lowest BCUT2D eigenvalue weighted by molar-refractivity contribution is -0.143. The van der Waals surface area contributed by atoms with Crippen LogP contribution in [-0.4, -0.2) is 18.9 Å². The van der Waals surface area contributed by atoms with E-state index in [9.17, 15) is 9.59 Å². The van der Waals surface area contributed by atoms with E-state index in [2.05, 4.69) is 27.7 Å². The standard InChI is InChI=1S/C20H34O3/c1-14(2)6-5-7-15(3)8-10-17-16(4)9-11-18-19(22)23-13-20(17,18)12-21/h12,14-18H,5-11,13H2,1-4H3. The van der Waals surface area contributed by atoms with Crippen molar-refractivity contribution < 1.29 is 14.3 Å². The molecule has 0 aromatic heterocycles. The lowest BCUT2D eigenvalue weighted by Gasteiger charge is -2.43. The highest BCUT2D eigenvalue weighted by Gasteiger charge is 2.58. The first-order chi connectivity index (χ1) is 10.9. The molecule has 0 amide bonds. The number of carbonyl (C=O) groups is 2. The van der Waals surface area contributed by atoms with Crippen LogP contribution in [0, 0.1) is 35.0 Å². The van der Waals surface area contributed by atoms with Crippen LogP contribution in [0.5, 0.6) is 0 Å². The Morgan fingerprint density at radius 3 is 2.61 bits per heavy atom. The molecule has 132 valence electrons. The molecule has 0 spiro atoms. The molecule has 3 nitrogen and oxygen atoms in total. The number of ether oxygens (including phenoxy) is 1. The van der Waals surface area contributed by atoms with Gasteiger partial charge in [0.1, 0.15) is 12.9 Å². The van der Waals surface area contributed by atoms with Gasteiger partial charge in [0.05, 0.1) is 11.3 Å². The van der Waals surface area contributed by atoms with Crippen LogP contribution in [0.25, 0.3) is 0 Å². The zero-order valence-corrected chi connectivity index (χ0v) is 15.3. The topological polar surface area (TPSA) is 43.4 Å². The zero-order valence-electron chi connectivity index (χ0n) is 15.3. The maximum atomic E-state index is 12.0. The molecule has 0 N–H and O–H groups in total. The fourth-order valence-electron chi connectivity index (χ4n) is 4.77. The van der Waals surface area contributed by atoms with Gasteiger partial charge in [0.25, 0.3) is 0 Å². The van der Waals surface area contributed by atoms with E-state index in [1.54, 1.807) is 0 Å². The molecule has 1 aliphatic carbocycles. The minimum absolute atomic E-state index is 0.140. The summed E-state index contributed by atoms with van der Waals surface area (Å²) in [5.41, 5.74) is -0.535. The average Bonchev–Trinajstić information content (AvgIpc) is 2.83. The van der Waals surface area contributed by atoms with E-state index in [-0.39, 0.29) is 11.9 Å². The number of aldehydes is 1. The van der Waals surface area contributed by atoms with Gasteiger partial charge in [-0.25, -0.2) is 0 Å². The summed E-state index contributed by atoms with van der Waals surface area (Å²) in [6, 6.07) is 0. The number of hydrogen-bond acceptors (Lipinski definition) is 3. The molecule has 1 aliphatic heterocycles. The van der Waals surface area contributed by atoms with Crippen molar-refractivity contribution >= 4 is 12.3 Å². The van der Waals surface area contributed by atoms with Crippen molar-refractivity contribution in [3.8, 4) is 0 Å². The van der Waals surface area contributed by atoms with Crippen LogP contribution in [0.15, 0.2) is 0 Å². The Bertz CT molecular complexity index is 417. The molecule has 5 atom stereocenters. The maximum absolute atomic E-state index is 12.0. The van der Waals surface area contributed by atoms with Crippen LogP contribution in [0.3, 0.4) is 0 Å². The largest absolute Gasteiger partial charge is 0.464 e. The summed E-state index contributed by atoms with van der Waals surface area (Å²) in [6.07, 6.45) is 8.99. The van der Waals surface area contributed by atoms with Crippen molar-refractivity contribution in [1.29, 1.82) is 0 Å². The second-order valence-electron chi connectivity index (χ2n) is 8.56. The quantitative estimate of drug-likeness (QED) is 0.483. The molecule has 3 heteroatoms. The van der Waals surface area contributed by atoms with Gasteiger partial charge in [-0.3, -0.25) is 4.79 Å². The van der Waals surface area contributed by atoms with Crippen molar-refractivity contribution in [2.45, 2.75) is 72.6 Å². The summed E-state index contributed by atoms with van der Waals surface area (Å²) < 4.78 is 5.30. The van der Waals surface area contributed by atoms with Gasteiger partial charge < -0.3 is 9.53 Å². The van der Waals surface area contributed by atoms with Crippen molar-refractivity contribution in [1.82, 2.24) is 0 Å². The van der Waals surface area contributed by atoms with Crippen LogP contribution in [-0.2, 0) is 14.3 Å². The molecule has 5 unspecified atom stereocenters. The summed E-state index contributed by atoms with van der Waals surface area (Å²) in [5, 5.41) is 0. The minimum Gasteiger partial charge on any atom is -0.464 e. The van der Waals surface area contributed by atoms with Crippen LogP contribution in [0.4, 0.5) is 0 Å². The highest BCUT2D eigenvalue weighted by molar-refractivity contribution is 5.82. The first kappa shape index (κ1) is 18.5. The van der Waals surface area contributed by atoms with Gasteiger partial charge in [-0.2, -0.15) is 0 Å². The van der Waals surface area contributed by atoms with Gasteiger partial charge in [-0.1, -0.05) is 53.4 Å². The zero-order chi connectivity index (χ0) is 17.0. The number of hydrogen-bond donors (Lipinski definition) is 0. The molecule has 1 heterocycles. The fourth-order valence-corrected chi connectivity index (χ4v) is 4.77. The smallest absolute Gasteiger partial charge is 0.310 e. The summed E-state index contributed by atoms with van der Waals surface area (Å²) in [6.45, 7) is 9.45. The molecule has 2 aliphatic rings. The Kier molecular flexibility index (Phi) is 6.27. The molecule has 2 rings (SSSR count). The summed E-state index contributed by atoms with van der Waals surface area (Å²) in [7, 11) is 0. The molecule has 0 aromatic rings. The molecule has 23 heavy (non-hydrogen) atoms. The monoisotopic (exact) mass is 322 g/mol. The second-order valence-corrected chi connectivity index (χ2v) is 8.56. The molecule has 0 bridgehead atoms. The molecule has 0 radical (unpaired) electrons. The Balaban J connectivity index is 1.94. The summed E-state index contributed by atoms with van der Waals surface area (Å²) >= 11 is 0. The van der Waals surface area contributed by atoms with E-state index >= 15 is 0 Å². The molecule has 2 fully saturated rings. The van der Waals surface area contributed by atoms with Gasteiger partial charge in [0.15, 0.2) is 0 Å². The molecule has 1 saturated carbocycles. The molecular weight excluding hydrogens is 288 g/mol. The Morgan fingerprint density at radius 1 is 1.22 bits per heavy atom. The predicted molar refractivity (Wildman–Crippen MR) is 91.9 cm³/mol. The molecule has 0 aromatic carbocycles. The van der Waals surface area contributed by atoms with E-state index in [0.29, 0.717) is 24.4 Å². The van der Waals surface area contributed by atoms with Gasteiger partial charge in [-0.05, 0) is 42.9 Å². The SMILES string of the molecule is CC(C)CCCC(C)CCC1C(C)CCC2C(=O)OCC21C=O. The number of rotatable bonds is 8. The van der Waals surface area contributed by atoms with Crippen molar-refractivity contribution in [3.05, 3.63) is 0 Å². The van der Waals surface area contributed by atoms with E-state index in [1.807, 2.05) is 0 Å². The predicted octanol–water partition coefficient (Wildman–Crippen LogP) is 4.63. The maximum Gasteiger partial charge on any atom is 0.310 e. The highest BCUT2D eigenvalue weighted by atomic mass is 16.5. The molecule has 1 saturated heterocycles. The number of carbonyl (C=O) groups excluding carboxylic acids is 2. The molecular formula is C20H34O3. The van der Waals surface area contributed by atoms with E-state index in [0.717, 1.165) is 37.9 Å². The Hall–Kier alpha value is -0.860. The summed E-state index contributed by atoms with van der Waals surface area (Å²) in [5.74, 6) is 1.97. The first-order valence-corrected chi connectivity index (χ1v) is 9.53. The summed E-state index contributed by atoms with van der Waals surface area (Å²) in [4.78, 5) is 23.9. The first-order valence-electron chi connectivity index (χ1n) is 9.53. The number of cyclic esters (lactones) is 1. The fraction of sp³-hybridized carbons (Fsp3) is 0.900. The highest BCUT2D eigenvalue weighted by Crippen LogP contribution is 2.52. The van der Waals surface area contributed by atoms with Crippen molar-refractivity contribution in [2.75, 3.05) is 6.61 Å². The third-order valence-electron chi connectivity index (χ3n) is 6.35. The van der Waals surface area contributed by atoms with Gasteiger partial charge >= 0.3 is 5.97 Å². The normalized spacial score (nSPS) is 35.0. The third kappa shape index (κ3) is 3.97. The van der Waals surface area contributed by atoms with E-state index < -0.39 is 5.41 Å². The van der Waals surface area contributed by atoms with Crippen molar-refractivity contribution in [3.63, 3.8) is 0 Å². The minimum atomic E-state index is -0.535. The average molecular weight is 322 g/mol. The van der Waals surface area contributed by atoms with Crippen LogP contribution < -0.4 is 0 Å².